The molecule has 1 aliphatic heterocycles. The third kappa shape index (κ3) is 5.99. The summed E-state index contributed by atoms with van der Waals surface area (Å²) in [6.45, 7) is 3.68. The number of nitrogens with one attached hydrogen (secondary N) is 1. The van der Waals surface area contributed by atoms with E-state index in [0.29, 0.717) is 12.3 Å². The smallest absolute Gasteiger partial charge is 0.238 e. The molecule has 1 aliphatic rings. The van der Waals surface area contributed by atoms with Gasteiger partial charge in [0.25, 0.3) is 0 Å². The Bertz CT molecular complexity index is 1000. The van der Waals surface area contributed by atoms with Crippen LogP contribution in [0.5, 0.6) is 17.2 Å². The number of piperazine rings is 1. The van der Waals surface area contributed by atoms with Gasteiger partial charge in [-0.25, -0.2) is 0 Å². The number of benzene rings is 3. The molecule has 0 bridgehead atoms. The van der Waals surface area contributed by atoms with Gasteiger partial charge in [0.2, 0.25) is 5.91 Å². The van der Waals surface area contributed by atoms with E-state index in [2.05, 4.69) is 31.0 Å². The van der Waals surface area contributed by atoms with Crippen LogP contribution in [-0.4, -0.2) is 48.6 Å². The molecule has 7 heteroatoms. The summed E-state index contributed by atoms with van der Waals surface area (Å²) in [4.78, 5) is 16.9. The second-order valence-electron chi connectivity index (χ2n) is 7.41. The van der Waals surface area contributed by atoms with Gasteiger partial charge in [-0.15, -0.1) is 0 Å². The van der Waals surface area contributed by atoms with Crippen molar-refractivity contribution in [2.24, 2.45) is 0 Å². The number of phenolic OH excluding ortho intramolecular Hbond substituents is 1. The lowest BCUT2D eigenvalue weighted by molar-refractivity contribution is -0.117. The number of carbonyl (C=O) groups is 1. The first-order valence-electron chi connectivity index (χ1n) is 10.1. The van der Waals surface area contributed by atoms with Crippen molar-refractivity contribution in [3.8, 4) is 17.2 Å². The lowest BCUT2D eigenvalue weighted by atomic mass is 10.2. The Morgan fingerprint density at radius 1 is 0.871 bits per heavy atom. The van der Waals surface area contributed by atoms with Gasteiger partial charge in [-0.05, 0) is 72.8 Å². The first-order chi connectivity index (χ1) is 15.0. The summed E-state index contributed by atoms with van der Waals surface area (Å²) >= 11 is 3.40. The maximum absolute atomic E-state index is 12.4. The molecule has 3 aromatic carbocycles. The van der Waals surface area contributed by atoms with Gasteiger partial charge in [0.05, 0.1) is 6.54 Å². The molecule has 1 saturated heterocycles. The lowest BCUT2D eigenvalue weighted by Crippen LogP contribution is -2.48. The Kier molecular flexibility index (Phi) is 6.74. The molecule has 0 spiro atoms. The van der Waals surface area contributed by atoms with Crippen molar-refractivity contribution in [2.45, 2.75) is 0 Å². The number of carbonyl (C=O) groups excluding carboxylic acids is 1. The van der Waals surface area contributed by atoms with Gasteiger partial charge in [0.15, 0.2) is 0 Å². The summed E-state index contributed by atoms with van der Waals surface area (Å²) in [5, 5.41) is 12.4. The molecule has 1 fully saturated rings. The summed E-state index contributed by atoms with van der Waals surface area (Å²) in [6, 6.07) is 22.2. The molecule has 6 nitrogen and oxygen atoms in total. The Hall–Kier alpha value is -3.03. The van der Waals surface area contributed by atoms with Crippen LogP contribution in [0.2, 0.25) is 0 Å². The van der Waals surface area contributed by atoms with Crippen LogP contribution in [0, 0.1) is 0 Å². The number of aromatic hydroxyl groups is 1. The highest BCUT2D eigenvalue weighted by Crippen LogP contribution is 2.24. The zero-order valence-electron chi connectivity index (χ0n) is 17.0. The van der Waals surface area contributed by atoms with Gasteiger partial charge in [0, 0.05) is 42.0 Å². The van der Waals surface area contributed by atoms with Crippen molar-refractivity contribution in [2.75, 3.05) is 42.9 Å². The molecule has 4 rings (SSSR count). The molecular weight excluding hydrogens is 458 g/mol. The van der Waals surface area contributed by atoms with E-state index in [9.17, 15) is 9.90 Å². The largest absolute Gasteiger partial charge is 0.508 e. The standard InChI is InChI=1S/C24H24BrN3O3/c25-18-1-9-22(10-2-18)31-23-11-3-19(4-12-23)26-24(30)17-27-13-15-28(16-14-27)20-5-7-21(29)8-6-20/h1-12,29H,13-17H2,(H,26,30). The first kappa shape index (κ1) is 21.2. The van der Waals surface area contributed by atoms with E-state index >= 15 is 0 Å². The fourth-order valence-electron chi connectivity index (χ4n) is 3.48. The zero-order chi connectivity index (χ0) is 21.6. The Labute approximate surface area is 190 Å². The van der Waals surface area contributed by atoms with Crippen LogP contribution in [-0.2, 0) is 4.79 Å². The van der Waals surface area contributed by atoms with E-state index in [1.807, 2.05) is 60.7 Å². The number of nitrogens with zero attached hydrogens (tertiary/aromatic N) is 2. The number of hydrogen-bond acceptors (Lipinski definition) is 5. The SMILES string of the molecule is O=C(CN1CCN(c2ccc(O)cc2)CC1)Nc1ccc(Oc2ccc(Br)cc2)cc1. The topological polar surface area (TPSA) is 65.0 Å². The minimum Gasteiger partial charge on any atom is -0.508 e. The molecule has 2 N–H and O–H groups in total. The van der Waals surface area contributed by atoms with Crippen LogP contribution in [0.15, 0.2) is 77.3 Å². The van der Waals surface area contributed by atoms with Gasteiger partial charge >= 0.3 is 0 Å². The predicted octanol–water partition coefficient (Wildman–Crippen LogP) is 4.71. The van der Waals surface area contributed by atoms with Gasteiger partial charge in [-0.1, -0.05) is 15.9 Å². The summed E-state index contributed by atoms with van der Waals surface area (Å²) < 4.78 is 6.81. The number of hydrogen-bond donors (Lipinski definition) is 2. The van der Waals surface area contributed by atoms with Crippen molar-refractivity contribution in [1.82, 2.24) is 4.90 Å². The number of anilines is 2. The molecule has 1 heterocycles. The molecule has 0 aliphatic carbocycles. The third-order valence-corrected chi connectivity index (χ3v) is 5.67. The first-order valence-corrected chi connectivity index (χ1v) is 10.9. The number of amides is 1. The summed E-state index contributed by atoms with van der Waals surface area (Å²) in [5.74, 6) is 1.71. The molecule has 0 saturated carbocycles. The van der Waals surface area contributed by atoms with E-state index in [-0.39, 0.29) is 11.7 Å². The fourth-order valence-corrected chi connectivity index (χ4v) is 3.74. The highest BCUT2D eigenvalue weighted by atomic mass is 79.9. The van der Waals surface area contributed by atoms with Crippen LogP contribution in [0.3, 0.4) is 0 Å². The van der Waals surface area contributed by atoms with E-state index in [4.69, 9.17) is 4.74 Å². The average molecular weight is 482 g/mol. The molecular formula is C24H24BrN3O3. The van der Waals surface area contributed by atoms with Crippen molar-refractivity contribution in [3.05, 3.63) is 77.3 Å². The number of phenols is 1. The highest BCUT2D eigenvalue weighted by molar-refractivity contribution is 9.10. The minimum absolute atomic E-state index is 0.0281. The van der Waals surface area contributed by atoms with Crippen LogP contribution >= 0.6 is 15.9 Å². The number of halogens is 1. The van der Waals surface area contributed by atoms with Crippen molar-refractivity contribution >= 4 is 33.2 Å². The molecule has 3 aromatic rings. The van der Waals surface area contributed by atoms with Crippen LogP contribution in [0.1, 0.15) is 0 Å². The normalized spacial score (nSPS) is 14.3. The van der Waals surface area contributed by atoms with Crippen LogP contribution in [0.25, 0.3) is 0 Å². The molecule has 0 aromatic heterocycles. The van der Waals surface area contributed by atoms with E-state index < -0.39 is 0 Å². The molecule has 1 amide bonds. The quantitative estimate of drug-likeness (QED) is 0.533. The zero-order valence-corrected chi connectivity index (χ0v) is 18.6. The molecule has 0 unspecified atom stereocenters. The van der Waals surface area contributed by atoms with Crippen molar-refractivity contribution in [3.63, 3.8) is 0 Å². The highest BCUT2D eigenvalue weighted by Gasteiger charge is 2.19. The minimum atomic E-state index is -0.0281. The van der Waals surface area contributed by atoms with Gasteiger partial charge in [-0.3, -0.25) is 9.69 Å². The molecule has 0 radical (unpaired) electrons. The maximum atomic E-state index is 12.4. The average Bonchev–Trinajstić information content (AvgIpc) is 2.78. The lowest BCUT2D eigenvalue weighted by Gasteiger charge is -2.35. The van der Waals surface area contributed by atoms with E-state index in [1.165, 1.54) is 0 Å². The van der Waals surface area contributed by atoms with Gasteiger partial charge in [0.1, 0.15) is 17.2 Å². The predicted molar refractivity (Wildman–Crippen MR) is 126 cm³/mol. The van der Waals surface area contributed by atoms with Crippen LogP contribution in [0.4, 0.5) is 11.4 Å². The van der Waals surface area contributed by atoms with Crippen molar-refractivity contribution < 1.29 is 14.6 Å². The van der Waals surface area contributed by atoms with E-state index in [1.54, 1.807) is 12.1 Å². The fraction of sp³-hybridized carbons (Fsp3) is 0.208. The second kappa shape index (κ2) is 9.85. The summed E-state index contributed by atoms with van der Waals surface area (Å²) in [7, 11) is 0. The van der Waals surface area contributed by atoms with E-state index in [0.717, 1.165) is 47.8 Å². The van der Waals surface area contributed by atoms with Gasteiger partial charge in [-0.2, -0.15) is 0 Å². The van der Waals surface area contributed by atoms with Gasteiger partial charge < -0.3 is 20.1 Å². The number of rotatable bonds is 6. The van der Waals surface area contributed by atoms with Crippen LogP contribution < -0.4 is 15.0 Å². The molecule has 160 valence electrons. The third-order valence-electron chi connectivity index (χ3n) is 5.14. The molecule has 0 atom stereocenters. The monoisotopic (exact) mass is 481 g/mol. The summed E-state index contributed by atoms with van der Waals surface area (Å²) in [5.41, 5.74) is 1.84. The molecule has 31 heavy (non-hydrogen) atoms. The summed E-state index contributed by atoms with van der Waals surface area (Å²) in [6.07, 6.45) is 0. The number of ether oxygens (including phenoxy) is 1. The van der Waals surface area contributed by atoms with Crippen molar-refractivity contribution in [1.29, 1.82) is 0 Å². The Morgan fingerprint density at radius 2 is 1.45 bits per heavy atom. The second-order valence-corrected chi connectivity index (χ2v) is 8.32. The Morgan fingerprint density at radius 3 is 2.06 bits per heavy atom. The maximum Gasteiger partial charge on any atom is 0.238 e. The Balaban J connectivity index is 1.23.